The Balaban J connectivity index is 1.47. The molecule has 0 fully saturated rings. The maximum absolute atomic E-state index is 13.6. The third-order valence-electron chi connectivity index (χ3n) is 7.60. The van der Waals surface area contributed by atoms with Gasteiger partial charge in [-0.2, -0.15) is 0 Å². The number of fused-ring (bicyclic) bond motifs is 1. The molecule has 4 aromatic rings. The Morgan fingerprint density at radius 3 is 2.02 bits per heavy atom. The van der Waals surface area contributed by atoms with Gasteiger partial charge < -0.3 is 36.9 Å². The van der Waals surface area contributed by atoms with Crippen molar-refractivity contribution in [3.05, 3.63) is 102 Å². The largest absolute Gasteiger partial charge is 0.508 e. The molecule has 0 radical (unpaired) electrons. The van der Waals surface area contributed by atoms with Gasteiger partial charge in [0.1, 0.15) is 23.9 Å². The van der Waals surface area contributed by atoms with E-state index in [4.69, 9.17) is 5.73 Å². The summed E-state index contributed by atoms with van der Waals surface area (Å²) in [5, 5.41) is 28.4. The number of carboxylic acid groups (broad SMARTS) is 1. The number of phenols is 1. The molecule has 11 heteroatoms. The zero-order valence-corrected chi connectivity index (χ0v) is 25.2. The van der Waals surface area contributed by atoms with E-state index < -0.39 is 53.8 Å². The van der Waals surface area contributed by atoms with Gasteiger partial charge >= 0.3 is 5.97 Å². The summed E-state index contributed by atoms with van der Waals surface area (Å²) in [7, 11) is 0. The Morgan fingerprint density at radius 2 is 1.36 bits per heavy atom. The van der Waals surface area contributed by atoms with Gasteiger partial charge in [0.2, 0.25) is 17.7 Å². The highest BCUT2D eigenvalue weighted by Gasteiger charge is 2.32. The molecule has 8 N–H and O–H groups in total. The highest BCUT2D eigenvalue weighted by molar-refractivity contribution is 5.94. The number of phenolic OH excluding ortho intramolecular Hbond substituents is 1. The number of hydrogen-bond donors (Lipinski definition) is 7. The first-order chi connectivity index (χ1) is 21.5. The van der Waals surface area contributed by atoms with Crippen LogP contribution in [0.1, 0.15) is 30.5 Å². The Kier molecular flexibility index (Phi) is 10.9. The zero-order valence-electron chi connectivity index (χ0n) is 25.2. The number of H-pyrrole nitrogens is 1. The number of benzene rings is 3. The third-order valence-corrected chi connectivity index (χ3v) is 7.60. The molecule has 1 aromatic heterocycles. The number of amides is 3. The number of rotatable bonds is 14. The average Bonchev–Trinajstić information content (AvgIpc) is 3.43. The monoisotopic (exact) mass is 613 g/mol. The van der Waals surface area contributed by atoms with E-state index in [1.54, 1.807) is 32.2 Å². The Hall–Kier alpha value is -5.16. The highest BCUT2D eigenvalue weighted by Crippen LogP contribution is 2.19. The highest BCUT2D eigenvalue weighted by atomic mass is 16.4. The van der Waals surface area contributed by atoms with Gasteiger partial charge in [0.15, 0.2) is 0 Å². The summed E-state index contributed by atoms with van der Waals surface area (Å²) in [6.45, 7) is 3.47. The average molecular weight is 614 g/mol. The van der Waals surface area contributed by atoms with Crippen LogP contribution in [-0.4, -0.2) is 63.1 Å². The fourth-order valence-electron chi connectivity index (χ4n) is 5.09. The van der Waals surface area contributed by atoms with Crippen molar-refractivity contribution < 1.29 is 29.4 Å². The van der Waals surface area contributed by atoms with Crippen LogP contribution in [-0.2, 0) is 38.4 Å². The molecule has 4 unspecified atom stereocenters. The van der Waals surface area contributed by atoms with Gasteiger partial charge in [0.05, 0.1) is 6.04 Å². The van der Waals surface area contributed by atoms with E-state index >= 15 is 0 Å². The molecule has 4 atom stereocenters. The molecule has 3 aromatic carbocycles. The number of hydrogen-bond acceptors (Lipinski definition) is 6. The molecule has 45 heavy (non-hydrogen) atoms. The van der Waals surface area contributed by atoms with Gasteiger partial charge in [-0.15, -0.1) is 0 Å². The van der Waals surface area contributed by atoms with Crippen molar-refractivity contribution in [2.45, 2.75) is 57.3 Å². The molecule has 1 heterocycles. The van der Waals surface area contributed by atoms with Crippen LogP contribution in [0.4, 0.5) is 0 Å². The first-order valence-electron chi connectivity index (χ1n) is 14.8. The number of carbonyl (C=O) groups is 4. The summed E-state index contributed by atoms with van der Waals surface area (Å²) in [6.07, 6.45) is 2.07. The number of nitrogens with one attached hydrogen (secondary N) is 4. The number of aromatic hydroxyl groups is 1. The molecular formula is C34H39N5O6. The first kappa shape index (κ1) is 32.7. The van der Waals surface area contributed by atoms with Crippen LogP contribution in [0.2, 0.25) is 0 Å². The van der Waals surface area contributed by atoms with E-state index in [0.717, 1.165) is 27.6 Å². The number of aliphatic carboxylic acids is 1. The van der Waals surface area contributed by atoms with Gasteiger partial charge in [-0.25, -0.2) is 4.79 Å². The molecule has 0 spiro atoms. The molecule has 0 aliphatic heterocycles. The van der Waals surface area contributed by atoms with E-state index in [1.165, 1.54) is 12.1 Å². The molecule has 11 nitrogen and oxygen atoms in total. The van der Waals surface area contributed by atoms with Crippen molar-refractivity contribution in [2.24, 2.45) is 11.7 Å². The first-order valence-corrected chi connectivity index (χ1v) is 14.8. The van der Waals surface area contributed by atoms with Gasteiger partial charge in [-0.1, -0.05) is 74.5 Å². The minimum Gasteiger partial charge on any atom is -0.508 e. The SMILES string of the molecule is CC(C)C(NC(=O)C(Cc1ccccc1)NC(=O)C(N)Cc1ccc(O)cc1)C(=O)NC(Cc1c[nH]c2ccccc12)C(=O)O. The normalized spacial score (nSPS) is 13.9. The molecule has 0 aliphatic rings. The molecule has 0 aliphatic carbocycles. The number of aromatic nitrogens is 1. The number of nitrogens with two attached hydrogens (primary N) is 1. The van der Waals surface area contributed by atoms with Gasteiger partial charge in [-0.05, 0) is 47.2 Å². The summed E-state index contributed by atoms with van der Waals surface area (Å²) in [4.78, 5) is 55.5. The van der Waals surface area contributed by atoms with E-state index in [2.05, 4.69) is 20.9 Å². The predicted octanol–water partition coefficient (Wildman–Crippen LogP) is 2.42. The van der Waals surface area contributed by atoms with Crippen LogP contribution in [0.15, 0.2) is 85.1 Å². The van der Waals surface area contributed by atoms with Crippen LogP contribution in [0.25, 0.3) is 10.9 Å². The Bertz CT molecular complexity index is 1620. The molecular weight excluding hydrogens is 574 g/mol. The van der Waals surface area contributed by atoms with Crippen molar-refractivity contribution in [3.63, 3.8) is 0 Å². The molecule has 4 rings (SSSR count). The minimum absolute atomic E-state index is 0.0372. The van der Waals surface area contributed by atoms with Crippen LogP contribution in [0.5, 0.6) is 5.75 Å². The second kappa shape index (κ2) is 15.0. The lowest BCUT2D eigenvalue weighted by atomic mass is 9.99. The van der Waals surface area contributed by atoms with Gasteiger partial charge in [0.25, 0.3) is 0 Å². The summed E-state index contributed by atoms with van der Waals surface area (Å²) in [5.41, 5.74) is 9.27. The lowest BCUT2D eigenvalue weighted by Gasteiger charge is -2.27. The Labute approximate surface area is 261 Å². The maximum Gasteiger partial charge on any atom is 0.326 e. The van der Waals surface area contributed by atoms with Gasteiger partial charge in [-0.3, -0.25) is 14.4 Å². The van der Waals surface area contributed by atoms with Crippen LogP contribution in [0.3, 0.4) is 0 Å². The van der Waals surface area contributed by atoms with E-state index in [0.29, 0.717) is 0 Å². The van der Waals surface area contributed by atoms with E-state index in [1.807, 2.05) is 54.6 Å². The fourth-order valence-corrected chi connectivity index (χ4v) is 5.09. The lowest BCUT2D eigenvalue weighted by Crippen LogP contribution is -2.59. The molecule has 3 amide bonds. The van der Waals surface area contributed by atoms with E-state index in [-0.39, 0.29) is 25.0 Å². The molecule has 0 saturated heterocycles. The molecule has 236 valence electrons. The fraction of sp³-hybridized carbons (Fsp3) is 0.294. The minimum atomic E-state index is -1.24. The number of para-hydroxylation sites is 1. The van der Waals surface area contributed by atoms with Crippen molar-refractivity contribution >= 4 is 34.6 Å². The van der Waals surface area contributed by atoms with Crippen molar-refractivity contribution in [1.29, 1.82) is 0 Å². The Morgan fingerprint density at radius 1 is 0.733 bits per heavy atom. The van der Waals surface area contributed by atoms with Gasteiger partial charge in [0, 0.05) is 29.9 Å². The van der Waals surface area contributed by atoms with Crippen molar-refractivity contribution in [2.75, 3.05) is 0 Å². The summed E-state index contributed by atoms with van der Waals surface area (Å²) in [6, 6.07) is 18.5. The number of carbonyl (C=O) groups excluding carboxylic acids is 3. The summed E-state index contributed by atoms with van der Waals surface area (Å²) in [5.74, 6) is -3.34. The van der Waals surface area contributed by atoms with Crippen molar-refractivity contribution in [3.8, 4) is 5.75 Å². The molecule has 0 saturated carbocycles. The summed E-state index contributed by atoms with van der Waals surface area (Å²) >= 11 is 0. The van der Waals surface area contributed by atoms with Crippen LogP contribution in [0, 0.1) is 5.92 Å². The van der Waals surface area contributed by atoms with Crippen LogP contribution >= 0.6 is 0 Å². The zero-order chi connectivity index (χ0) is 32.5. The standard InChI is InChI=1S/C34H39N5O6/c1-20(2)30(33(43)38-29(34(44)45)18-23-19-36-27-11-7-6-10-25(23)27)39-32(42)28(17-21-8-4-3-5-9-21)37-31(41)26(35)16-22-12-14-24(40)15-13-22/h3-15,19-20,26,28-30,36,40H,16-18,35H2,1-2H3,(H,37,41)(H,38,43)(H,39,42)(H,44,45). The topological polar surface area (TPSA) is 187 Å². The quantitative estimate of drug-likeness (QED) is 0.114. The smallest absolute Gasteiger partial charge is 0.326 e. The predicted molar refractivity (Wildman–Crippen MR) is 170 cm³/mol. The second-order valence-corrected chi connectivity index (χ2v) is 11.4. The lowest BCUT2D eigenvalue weighted by molar-refractivity contribution is -0.142. The second-order valence-electron chi connectivity index (χ2n) is 11.4. The maximum atomic E-state index is 13.6. The van der Waals surface area contributed by atoms with E-state index in [9.17, 15) is 29.4 Å². The van der Waals surface area contributed by atoms with Crippen molar-refractivity contribution in [1.82, 2.24) is 20.9 Å². The third kappa shape index (κ3) is 8.93. The number of aromatic amines is 1. The number of carboxylic acids is 1. The summed E-state index contributed by atoms with van der Waals surface area (Å²) < 4.78 is 0. The molecule has 0 bridgehead atoms. The van der Waals surface area contributed by atoms with Crippen LogP contribution < -0.4 is 21.7 Å².